The van der Waals surface area contributed by atoms with Crippen molar-refractivity contribution in [3.8, 4) is 11.5 Å². The van der Waals surface area contributed by atoms with Gasteiger partial charge in [0, 0.05) is 5.75 Å². The highest BCUT2D eigenvalue weighted by Gasteiger charge is 2.08. The van der Waals surface area contributed by atoms with Crippen LogP contribution >= 0.6 is 23.4 Å². The average Bonchev–Trinajstić information content (AvgIpc) is 2.69. The molecule has 1 aromatic heterocycles. The number of thioether (sulfide) groups is 1. The van der Waals surface area contributed by atoms with Crippen molar-refractivity contribution < 1.29 is 9.47 Å². The van der Waals surface area contributed by atoms with Crippen LogP contribution in [0.3, 0.4) is 0 Å². The molecule has 0 fully saturated rings. The Morgan fingerprint density at radius 2 is 1.79 bits per heavy atom. The molecule has 0 spiro atoms. The number of nitrogen functional groups attached to an aromatic ring is 1. The van der Waals surface area contributed by atoms with Gasteiger partial charge in [0.15, 0.2) is 0 Å². The first kappa shape index (κ1) is 20.0. The van der Waals surface area contributed by atoms with Gasteiger partial charge >= 0.3 is 0 Å². The molecule has 1 heterocycles. The molecule has 0 unspecified atom stereocenters. The van der Waals surface area contributed by atoms with Crippen LogP contribution in [-0.4, -0.2) is 34.4 Å². The van der Waals surface area contributed by atoms with Gasteiger partial charge in [0.2, 0.25) is 11.9 Å². The van der Waals surface area contributed by atoms with Gasteiger partial charge in [-0.3, -0.25) is 0 Å². The number of para-hydroxylation sites is 3. The number of ether oxygens (including phenoxy) is 2. The molecule has 7 nitrogen and oxygen atoms in total. The fourth-order valence-electron chi connectivity index (χ4n) is 2.36. The van der Waals surface area contributed by atoms with Crippen molar-refractivity contribution in [2.45, 2.75) is 5.75 Å². The molecule has 0 aliphatic carbocycles. The van der Waals surface area contributed by atoms with Gasteiger partial charge in [-0.15, -0.1) is 0 Å². The molecule has 0 aliphatic rings. The Morgan fingerprint density at radius 1 is 1.04 bits per heavy atom. The molecule has 0 saturated carbocycles. The monoisotopic (exact) mass is 417 g/mol. The molecule has 0 bridgehead atoms. The number of anilines is 3. The van der Waals surface area contributed by atoms with Crippen LogP contribution < -0.4 is 20.5 Å². The predicted molar refractivity (Wildman–Crippen MR) is 114 cm³/mol. The van der Waals surface area contributed by atoms with Crippen LogP contribution in [-0.2, 0) is 5.75 Å². The fraction of sp³-hybridized carbons (Fsp3) is 0.211. The number of methoxy groups -OCH3 is 1. The SMILES string of the molecule is COc1ccccc1Nc1nc(N)nc(CSCCOc2ccccc2Cl)n1. The average molecular weight is 418 g/mol. The van der Waals surface area contributed by atoms with E-state index >= 15 is 0 Å². The summed E-state index contributed by atoms with van der Waals surface area (Å²) >= 11 is 7.70. The van der Waals surface area contributed by atoms with Gasteiger partial charge in [0.25, 0.3) is 0 Å². The summed E-state index contributed by atoms with van der Waals surface area (Å²) in [6, 6.07) is 14.9. The van der Waals surface area contributed by atoms with E-state index in [0.29, 0.717) is 40.7 Å². The number of rotatable bonds is 9. The van der Waals surface area contributed by atoms with Gasteiger partial charge in [-0.1, -0.05) is 35.9 Å². The molecule has 0 saturated heterocycles. The lowest BCUT2D eigenvalue weighted by Crippen LogP contribution is -2.08. The van der Waals surface area contributed by atoms with E-state index in [4.69, 9.17) is 26.8 Å². The predicted octanol–water partition coefficient (Wildman–Crippen LogP) is 4.17. The third-order valence-electron chi connectivity index (χ3n) is 3.61. The van der Waals surface area contributed by atoms with Gasteiger partial charge in [-0.05, 0) is 24.3 Å². The number of benzene rings is 2. The summed E-state index contributed by atoms with van der Waals surface area (Å²) in [5.74, 6) is 3.83. The summed E-state index contributed by atoms with van der Waals surface area (Å²) in [7, 11) is 1.61. The number of hydrogen-bond acceptors (Lipinski definition) is 8. The summed E-state index contributed by atoms with van der Waals surface area (Å²) in [4.78, 5) is 12.8. The van der Waals surface area contributed by atoms with Crippen LogP contribution in [0.4, 0.5) is 17.6 Å². The standard InChI is InChI=1S/C19H20ClN5O2S/c1-26-16-9-5-3-7-14(16)22-19-24-17(23-18(21)25-19)12-28-11-10-27-15-8-4-2-6-13(15)20/h2-9H,10-12H2,1H3,(H3,21,22,23,24,25). The zero-order chi connectivity index (χ0) is 19.8. The number of nitrogens with one attached hydrogen (secondary N) is 1. The minimum absolute atomic E-state index is 0.162. The second-order valence-electron chi connectivity index (χ2n) is 5.59. The van der Waals surface area contributed by atoms with Crippen molar-refractivity contribution in [3.63, 3.8) is 0 Å². The third-order valence-corrected chi connectivity index (χ3v) is 4.84. The van der Waals surface area contributed by atoms with Crippen molar-refractivity contribution in [1.82, 2.24) is 15.0 Å². The zero-order valence-electron chi connectivity index (χ0n) is 15.3. The molecule has 2 aromatic carbocycles. The lowest BCUT2D eigenvalue weighted by molar-refractivity contribution is 0.344. The van der Waals surface area contributed by atoms with E-state index in [1.807, 2.05) is 42.5 Å². The highest BCUT2D eigenvalue weighted by molar-refractivity contribution is 7.98. The number of nitrogens with two attached hydrogens (primary N) is 1. The minimum Gasteiger partial charge on any atom is -0.495 e. The van der Waals surface area contributed by atoms with Crippen molar-refractivity contribution in [2.75, 3.05) is 30.5 Å². The Labute approximate surface area is 172 Å². The Bertz CT molecular complexity index is 928. The number of hydrogen-bond donors (Lipinski definition) is 2. The molecule has 0 amide bonds. The van der Waals surface area contributed by atoms with Crippen LogP contribution in [0.5, 0.6) is 11.5 Å². The first-order chi connectivity index (χ1) is 13.7. The smallest absolute Gasteiger partial charge is 0.232 e. The Hall–Kier alpha value is -2.71. The molecular weight excluding hydrogens is 398 g/mol. The number of nitrogens with zero attached hydrogens (tertiary/aromatic N) is 3. The molecule has 0 aliphatic heterocycles. The zero-order valence-corrected chi connectivity index (χ0v) is 16.8. The van der Waals surface area contributed by atoms with Crippen LogP contribution in [0.1, 0.15) is 5.82 Å². The lowest BCUT2D eigenvalue weighted by Gasteiger charge is -2.11. The van der Waals surface area contributed by atoms with E-state index in [2.05, 4.69) is 20.3 Å². The maximum Gasteiger partial charge on any atom is 0.232 e. The van der Waals surface area contributed by atoms with E-state index in [1.165, 1.54) is 0 Å². The minimum atomic E-state index is 0.162. The fourth-order valence-corrected chi connectivity index (χ4v) is 3.21. The van der Waals surface area contributed by atoms with E-state index < -0.39 is 0 Å². The molecule has 3 aromatic rings. The van der Waals surface area contributed by atoms with Gasteiger partial charge in [-0.25, -0.2) is 0 Å². The molecule has 0 radical (unpaired) electrons. The number of aromatic nitrogens is 3. The summed E-state index contributed by atoms with van der Waals surface area (Å²) in [6.07, 6.45) is 0. The summed E-state index contributed by atoms with van der Waals surface area (Å²) < 4.78 is 11.0. The summed E-state index contributed by atoms with van der Waals surface area (Å²) in [6.45, 7) is 0.529. The molecule has 3 rings (SSSR count). The Balaban J connectivity index is 1.54. The van der Waals surface area contributed by atoms with Crippen LogP contribution in [0.25, 0.3) is 0 Å². The van der Waals surface area contributed by atoms with Gasteiger partial charge < -0.3 is 20.5 Å². The molecule has 3 N–H and O–H groups in total. The Kier molecular flexibility index (Phi) is 7.16. The number of halogens is 1. The summed E-state index contributed by atoms with van der Waals surface area (Å²) in [5.41, 5.74) is 6.58. The van der Waals surface area contributed by atoms with E-state index in [0.717, 1.165) is 11.4 Å². The second kappa shape index (κ2) is 10.0. The largest absolute Gasteiger partial charge is 0.495 e. The van der Waals surface area contributed by atoms with Gasteiger partial charge in [-0.2, -0.15) is 26.7 Å². The molecule has 146 valence electrons. The molecule has 28 heavy (non-hydrogen) atoms. The van der Waals surface area contributed by atoms with Crippen LogP contribution in [0, 0.1) is 0 Å². The van der Waals surface area contributed by atoms with E-state index in [9.17, 15) is 0 Å². The topological polar surface area (TPSA) is 95.2 Å². The molecule has 0 atom stereocenters. The van der Waals surface area contributed by atoms with Crippen LogP contribution in [0.15, 0.2) is 48.5 Å². The van der Waals surface area contributed by atoms with E-state index in [1.54, 1.807) is 24.9 Å². The molecule has 9 heteroatoms. The van der Waals surface area contributed by atoms with Crippen LogP contribution in [0.2, 0.25) is 5.02 Å². The van der Waals surface area contributed by atoms with Crippen molar-refractivity contribution in [3.05, 3.63) is 59.4 Å². The van der Waals surface area contributed by atoms with E-state index in [-0.39, 0.29) is 5.95 Å². The van der Waals surface area contributed by atoms with Crippen molar-refractivity contribution in [2.24, 2.45) is 0 Å². The highest BCUT2D eigenvalue weighted by Crippen LogP contribution is 2.26. The normalized spacial score (nSPS) is 10.5. The quantitative estimate of drug-likeness (QED) is 0.501. The second-order valence-corrected chi connectivity index (χ2v) is 7.10. The summed E-state index contributed by atoms with van der Waals surface area (Å²) in [5, 5.41) is 3.72. The maximum absolute atomic E-state index is 6.07. The lowest BCUT2D eigenvalue weighted by atomic mass is 10.3. The highest BCUT2D eigenvalue weighted by atomic mass is 35.5. The van der Waals surface area contributed by atoms with Crippen molar-refractivity contribution >= 4 is 40.9 Å². The first-order valence-corrected chi connectivity index (χ1v) is 10.0. The van der Waals surface area contributed by atoms with Crippen molar-refractivity contribution in [1.29, 1.82) is 0 Å². The third kappa shape index (κ3) is 5.64. The van der Waals surface area contributed by atoms with Gasteiger partial charge in [0.05, 0.1) is 30.2 Å². The Morgan fingerprint density at radius 3 is 2.57 bits per heavy atom. The maximum atomic E-state index is 6.07. The molecular formula is C19H20ClN5O2S. The first-order valence-electron chi connectivity index (χ1n) is 8.51. The van der Waals surface area contributed by atoms with Gasteiger partial charge in [0.1, 0.15) is 17.3 Å².